The van der Waals surface area contributed by atoms with E-state index in [9.17, 15) is 9.59 Å². The van der Waals surface area contributed by atoms with Gasteiger partial charge in [-0.05, 0) is 37.0 Å². The maximum atomic E-state index is 11.8. The monoisotopic (exact) mass is 244 g/mol. The first kappa shape index (κ1) is 11.0. The van der Waals surface area contributed by atoms with Crippen molar-refractivity contribution in [1.29, 1.82) is 0 Å². The Morgan fingerprint density at radius 3 is 2.89 bits per heavy atom. The van der Waals surface area contributed by atoms with Crippen molar-refractivity contribution >= 4 is 17.0 Å². The second kappa shape index (κ2) is 3.94. The predicted molar refractivity (Wildman–Crippen MR) is 65.7 cm³/mol. The standard InChI is InChI=1S/C13H12N2O3/c16-12-6-14-10-5-9(13(17)18)3-4-11(10)15(12)7-8-1-2-8/h3-6,8H,1-2,7H2,(H,17,18). The van der Waals surface area contributed by atoms with Crippen LogP contribution in [0.2, 0.25) is 0 Å². The van der Waals surface area contributed by atoms with E-state index in [0.717, 1.165) is 12.8 Å². The zero-order chi connectivity index (χ0) is 12.7. The minimum Gasteiger partial charge on any atom is -0.478 e. The molecule has 1 N–H and O–H groups in total. The number of nitrogens with zero attached hydrogens (tertiary/aromatic N) is 2. The summed E-state index contributed by atoms with van der Waals surface area (Å²) in [7, 11) is 0. The number of aromatic nitrogens is 2. The molecule has 0 aliphatic heterocycles. The molecule has 1 heterocycles. The summed E-state index contributed by atoms with van der Waals surface area (Å²) in [6, 6.07) is 4.67. The molecule has 0 unspecified atom stereocenters. The van der Waals surface area contributed by atoms with Crippen LogP contribution in [0.3, 0.4) is 0 Å². The molecule has 18 heavy (non-hydrogen) atoms. The van der Waals surface area contributed by atoms with E-state index in [2.05, 4.69) is 4.98 Å². The van der Waals surface area contributed by atoms with E-state index < -0.39 is 5.97 Å². The molecule has 0 atom stereocenters. The van der Waals surface area contributed by atoms with Gasteiger partial charge in [-0.15, -0.1) is 0 Å². The lowest BCUT2D eigenvalue weighted by Crippen LogP contribution is -2.21. The molecule has 92 valence electrons. The third-order valence-electron chi connectivity index (χ3n) is 3.23. The third kappa shape index (κ3) is 1.88. The molecule has 0 spiro atoms. The van der Waals surface area contributed by atoms with Gasteiger partial charge in [0, 0.05) is 6.54 Å². The lowest BCUT2D eigenvalue weighted by Gasteiger charge is -2.08. The molecular formula is C13H12N2O3. The largest absolute Gasteiger partial charge is 0.478 e. The smallest absolute Gasteiger partial charge is 0.335 e. The second-order valence-corrected chi connectivity index (χ2v) is 4.66. The summed E-state index contributed by atoms with van der Waals surface area (Å²) >= 11 is 0. The van der Waals surface area contributed by atoms with E-state index in [0.29, 0.717) is 23.5 Å². The molecule has 1 aromatic carbocycles. The van der Waals surface area contributed by atoms with Crippen molar-refractivity contribution < 1.29 is 9.90 Å². The van der Waals surface area contributed by atoms with E-state index in [1.165, 1.54) is 18.3 Å². The third-order valence-corrected chi connectivity index (χ3v) is 3.23. The van der Waals surface area contributed by atoms with Gasteiger partial charge in [0.05, 0.1) is 22.8 Å². The van der Waals surface area contributed by atoms with Gasteiger partial charge in [-0.2, -0.15) is 0 Å². The summed E-state index contributed by atoms with van der Waals surface area (Å²) in [6.45, 7) is 0.699. The number of hydrogen-bond donors (Lipinski definition) is 1. The number of benzene rings is 1. The van der Waals surface area contributed by atoms with Crippen molar-refractivity contribution in [3.63, 3.8) is 0 Å². The lowest BCUT2D eigenvalue weighted by atomic mass is 10.2. The van der Waals surface area contributed by atoms with E-state index in [-0.39, 0.29) is 11.1 Å². The highest BCUT2D eigenvalue weighted by atomic mass is 16.4. The maximum Gasteiger partial charge on any atom is 0.335 e. The molecule has 1 aliphatic carbocycles. The van der Waals surface area contributed by atoms with Crippen LogP contribution in [0.1, 0.15) is 23.2 Å². The Morgan fingerprint density at radius 2 is 2.22 bits per heavy atom. The summed E-state index contributed by atoms with van der Waals surface area (Å²) in [5.41, 5.74) is 1.32. The molecule has 1 aliphatic rings. The van der Waals surface area contributed by atoms with Gasteiger partial charge in [0.15, 0.2) is 0 Å². The summed E-state index contributed by atoms with van der Waals surface area (Å²) in [6.07, 6.45) is 3.57. The van der Waals surface area contributed by atoms with E-state index in [1.807, 2.05) is 0 Å². The quantitative estimate of drug-likeness (QED) is 0.888. The minimum absolute atomic E-state index is 0.127. The number of hydrogen-bond acceptors (Lipinski definition) is 3. The van der Waals surface area contributed by atoms with Crippen LogP contribution in [0, 0.1) is 5.92 Å². The molecule has 2 aromatic rings. The number of carboxylic acid groups (broad SMARTS) is 1. The molecule has 1 aromatic heterocycles. The number of rotatable bonds is 3. The Kier molecular flexibility index (Phi) is 2.40. The summed E-state index contributed by atoms with van der Waals surface area (Å²) in [4.78, 5) is 26.7. The van der Waals surface area contributed by atoms with Gasteiger partial charge < -0.3 is 9.67 Å². The first-order chi connectivity index (χ1) is 8.65. The van der Waals surface area contributed by atoms with Crippen molar-refractivity contribution in [2.75, 3.05) is 0 Å². The lowest BCUT2D eigenvalue weighted by molar-refractivity contribution is 0.0697. The van der Waals surface area contributed by atoms with Crippen LogP contribution < -0.4 is 5.56 Å². The summed E-state index contributed by atoms with van der Waals surface area (Å²) in [5.74, 6) is -0.411. The predicted octanol–water partition coefficient (Wildman–Crippen LogP) is 1.50. The number of aromatic carboxylic acids is 1. The normalized spacial score (nSPS) is 14.9. The van der Waals surface area contributed by atoms with Crippen LogP contribution in [0.15, 0.2) is 29.2 Å². The molecule has 3 rings (SSSR count). The second-order valence-electron chi connectivity index (χ2n) is 4.66. The Balaban J connectivity index is 2.17. The van der Waals surface area contributed by atoms with Gasteiger partial charge in [-0.25, -0.2) is 9.78 Å². The first-order valence-electron chi connectivity index (χ1n) is 5.88. The van der Waals surface area contributed by atoms with E-state index >= 15 is 0 Å². The summed E-state index contributed by atoms with van der Waals surface area (Å²) in [5, 5.41) is 8.93. The molecule has 0 bridgehead atoms. The Labute approximate surface area is 103 Å². The van der Waals surface area contributed by atoms with Gasteiger partial charge in [0.25, 0.3) is 5.56 Å². The zero-order valence-electron chi connectivity index (χ0n) is 9.67. The van der Waals surface area contributed by atoms with Crippen LogP contribution >= 0.6 is 0 Å². The fraction of sp³-hybridized carbons (Fsp3) is 0.308. The molecule has 5 heteroatoms. The fourth-order valence-corrected chi connectivity index (χ4v) is 2.05. The van der Waals surface area contributed by atoms with Gasteiger partial charge in [0.1, 0.15) is 0 Å². The fourth-order valence-electron chi connectivity index (χ4n) is 2.05. The van der Waals surface area contributed by atoms with Crippen LogP contribution in [-0.4, -0.2) is 20.6 Å². The van der Waals surface area contributed by atoms with Crippen LogP contribution in [0.25, 0.3) is 11.0 Å². The molecule has 1 fully saturated rings. The first-order valence-corrected chi connectivity index (χ1v) is 5.88. The van der Waals surface area contributed by atoms with Crippen molar-refractivity contribution in [1.82, 2.24) is 9.55 Å². The molecule has 0 saturated heterocycles. The van der Waals surface area contributed by atoms with Crippen molar-refractivity contribution in [3.05, 3.63) is 40.3 Å². The highest BCUT2D eigenvalue weighted by Gasteiger charge is 2.23. The van der Waals surface area contributed by atoms with E-state index in [1.54, 1.807) is 10.6 Å². The number of fused-ring (bicyclic) bond motifs is 1. The Morgan fingerprint density at radius 1 is 1.44 bits per heavy atom. The van der Waals surface area contributed by atoms with Crippen LogP contribution in [0.4, 0.5) is 0 Å². The SMILES string of the molecule is O=C(O)c1ccc2c(c1)ncc(=O)n2CC1CC1. The molecule has 0 amide bonds. The molecule has 5 nitrogen and oxygen atoms in total. The van der Waals surface area contributed by atoms with Crippen molar-refractivity contribution in [3.8, 4) is 0 Å². The molecule has 1 saturated carbocycles. The minimum atomic E-state index is -0.987. The number of carboxylic acids is 1. The average molecular weight is 244 g/mol. The Bertz CT molecular complexity index is 686. The van der Waals surface area contributed by atoms with Crippen LogP contribution in [-0.2, 0) is 6.54 Å². The van der Waals surface area contributed by atoms with Gasteiger partial charge in [-0.1, -0.05) is 0 Å². The zero-order valence-corrected chi connectivity index (χ0v) is 9.67. The van der Waals surface area contributed by atoms with Gasteiger partial charge >= 0.3 is 5.97 Å². The van der Waals surface area contributed by atoms with Crippen molar-refractivity contribution in [2.45, 2.75) is 19.4 Å². The van der Waals surface area contributed by atoms with E-state index in [4.69, 9.17) is 5.11 Å². The highest BCUT2D eigenvalue weighted by molar-refractivity contribution is 5.92. The van der Waals surface area contributed by atoms with Gasteiger partial charge in [0.2, 0.25) is 0 Å². The van der Waals surface area contributed by atoms with Crippen molar-refractivity contribution in [2.24, 2.45) is 5.92 Å². The maximum absolute atomic E-state index is 11.8. The molecule has 0 radical (unpaired) electrons. The van der Waals surface area contributed by atoms with Crippen LogP contribution in [0.5, 0.6) is 0 Å². The average Bonchev–Trinajstić information content (AvgIpc) is 3.16. The van der Waals surface area contributed by atoms with Gasteiger partial charge in [-0.3, -0.25) is 4.79 Å². The molecular weight excluding hydrogens is 232 g/mol. The Hall–Kier alpha value is -2.17. The number of carbonyl (C=O) groups is 1. The topological polar surface area (TPSA) is 72.2 Å². The summed E-state index contributed by atoms with van der Waals surface area (Å²) < 4.78 is 1.69. The highest BCUT2D eigenvalue weighted by Crippen LogP contribution is 2.30.